The molecule has 1 aliphatic rings. The molecule has 0 aromatic heterocycles. The molecule has 0 atom stereocenters. The van der Waals surface area contributed by atoms with Crippen molar-refractivity contribution in [2.75, 3.05) is 31.1 Å². The van der Waals surface area contributed by atoms with Crippen LogP contribution in [0.1, 0.15) is 11.1 Å². The zero-order valence-corrected chi connectivity index (χ0v) is 15.3. The van der Waals surface area contributed by atoms with Gasteiger partial charge in [-0.15, -0.1) is 0 Å². The van der Waals surface area contributed by atoms with Gasteiger partial charge in [0.15, 0.2) is 0 Å². The van der Waals surface area contributed by atoms with Gasteiger partial charge in [-0.3, -0.25) is 0 Å². The van der Waals surface area contributed by atoms with E-state index in [4.69, 9.17) is 4.74 Å². The molecular formula is C19H18BrN3O2. The lowest BCUT2D eigenvalue weighted by atomic mass is 10.1. The Kier molecular flexibility index (Phi) is 5.56. The zero-order valence-electron chi connectivity index (χ0n) is 13.7. The Balaban J connectivity index is 1.57. The molecule has 0 aliphatic carbocycles. The molecule has 0 unspecified atom stereocenters. The van der Waals surface area contributed by atoms with Crippen LogP contribution in [-0.2, 0) is 11.3 Å². The number of anilines is 1. The number of ether oxygens (including phenoxy) is 1. The molecule has 3 rings (SSSR count). The molecule has 1 amide bonds. The van der Waals surface area contributed by atoms with Gasteiger partial charge >= 0.3 is 6.09 Å². The number of carbonyl (C=O) groups is 1. The van der Waals surface area contributed by atoms with Crippen LogP contribution in [-0.4, -0.2) is 37.2 Å². The molecule has 25 heavy (non-hydrogen) atoms. The van der Waals surface area contributed by atoms with Gasteiger partial charge in [-0.25, -0.2) is 4.79 Å². The van der Waals surface area contributed by atoms with Crippen LogP contribution in [0.4, 0.5) is 10.5 Å². The summed E-state index contributed by atoms with van der Waals surface area (Å²) in [6.45, 7) is 2.75. The van der Waals surface area contributed by atoms with Gasteiger partial charge in [-0.2, -0.15) is 5.26 Å². The van der Waals surface area contributed by atoms with Crippen LogP contribution in [0.5, 0.6) is 0 Å². The molecule has 1 saturated heterocycles. The van der Waals surface area contributed by atoms with Gasteiger partial charge in [-0.1, -0.05) is 36.4 Å². The fraction of sp³-hybridized carbons (Fsp3) is 0.263. The summed E-state index contributed by atoms with van der Waals surface area (Å²) in [6, 6.07) is 17.5. The number of amides is 1. The van der Waals surface area contributed by atoms with Crippen molar-refractivity contribution in [3.8, 4) is 6.07 Å². The molecule has 0 saturated carbocycles. The third-order valence-electron chi connectivity index (χ3n) is 4.17. The number of nitriles is 1. The maximum atomic E-state index is 12.2. The van der Waals surface area contributed by atoms with Crippen LogP contribution >= 0.6 is 15.9 Å². The quantitative estimate of drug-likeness (QED) is 0.787. The second kappa shape index (κ2) is 8.04. The van der Waals surface area contributed by atoms with E-state index in [0.717, 1.165) is 15.7 Å². The first-order valence-corrected chi connectivity index (χ1v) is 8.87. The lowest BCUT2D eigenvalue weighted by Gasteiger charge is -2.36. The van der Waals surface area contributed by atoms with E-state index >= 15 is 0 Å². The molecule has 2 aromatic rings. The second-order valence-electron chi connectivity index (χ2n) is 5.76. The topological polar surface area (TPSA) is 56.6 Å². The van der Waals surface area contributed by atoms with Gasteiger partial charge in [0.05, 0.1) is 11.3 Å². The maximum absolute atomic E-state index is 12.2. The van der Waals surface area contributed by atoms with E-state index in [1.807, 2.05) is 42.5 Å². The Labute approximate surface area is 155 Å². The van der Waals surface area contributed by atoms with Gasteiger partial charge < -0.3 is 14.5 Å². The highest BCUT2D eigenvalue weighted by Crippen LogP contribution is 2.30. The first kappa shape index (κ1) is 17.3. The summed E-state index contributed by atoms with van der Waals surface area (Å²) in [4.78, 5) is 16.1. The average molecular weight is 400 g/mol. The van der Waals surface area contributed by atoms with Crippen LogP contribution < -0.4 is 4.90 Å². The fourth-order valence-corrected chi connectivity index (χ4v) is 3.47. The van der Waals surface area contributed by atoms with E-state index < -0.39 is 0 Å². The van der Waals surface area contributed by atoms with E-state index in [9.17, 15) is 10.1 Å². The summed E-state index contributed by atoms with van der Waals surface area (Å²) in [5, 5.41) is 9.31. The Morgan fingerprint density at radius 1 is 1.08 bits per heavy atom. The smallest absolute Gasteiger partial charge is 0.410 e. The van der Waals surface area contributed by atoms with Gasteiger partial charge in [0.2, 0.25) is 0 Å². The molecule has 2 aromatic carbocycles. The second-order valence-corrected chi connectivity index (χ2v) is 6.62. The molecule has 6 heteroatoms. The Morgan fingerprint density at radius 3 is 2.48 bits per heavy atom. The monoisotopic (exact) mass is 399 g/mol. The number of halogens is 1. The molecular weight excluding hydrogens is 382 g/mol. The summed E-state index contributed by atoms with van der Waals surface area (Å²) < 4.78 is 6.28. The van der Waals surface area contributed by atoms with Gasteiger partial charge in [0.25, 0.3) is 0 Å². The normalized spacial score (nSPS) is 14.1. The van der Waals surface area contributed by atoms with Crippen LogP contribution in [0.25, 0.3) is 0 Å². The Bertz CT molecular complexity index is 781. The standard InChI is InChI=1S/C19H18BrN3O2/c20-17-8-4-7-16(13-21)18(17)22-9-11-23(12-10-22)19(24)25-14-15-5-2-1-3-6-15/h1-8H,9-12,14H2. The van der Waals surface area contributed by atoms with Crippen LogP contribution in [0.3, 0.4) is 0 Å². The lowest BCUT2D eigenvalue weighted by molar-refractivity contribution is 0.0942. The summed E-state index contributed by atoms with van der Waals surface area (Å²) >= 11 is 3.52. The summed E-state index contributed by atoms with van der Waals surface area (Å²) in [5.74, 6) is 0. The molecule has 1 aliphatic heterocycles. The van der Waals surface area contributed by atoms with Crippen molar-refractivity contribution < 1.29 is 9.53 Å². The van der Waals surface area contributed by atoms with Crippen molar-refractivity contribution in [3.05, 3.63) is 64.1 Å². The molecule has 1 heterocycles. The summed E-state index contributed by atoms with van der Waals surface area (Å²) in [7, 11) is 0. The van der Waals surface area contributed by atoms with E-state index in [0.29, 0.717) is 31.7 Å². The number of piperazine rings is 1. The van der Waals surface area contributed by atoms with Crippen molar-refractivity contribution in [2.45, 2.75) is 6.61 Å². The average Bonchev–Trinajstić information content (AvgIpc) is 2.67. The molecule has 128 valence electrons. The highest BCUT2D eigenvalue weighted by molar-refractivity contribution is 9.10. The minimum absolute atomic E-state index is 0.280. The van der Waals surface area contributed by atoms with E-state index in [1.54, 1.807) is 11.0 Å². The molecule has 0 spiro atoms. The van der Waals surface area contributed by atoms with Crippen molar-refractivity contribution in [1.82, 2.24) is 4.90 Å². The highest BCUT2D eigenvalue weighted by Gasteiger charge is 2.24. The van der Waals surface area contributed by atoms with Crippen LogP contribution in [0, 0.1) is 11.3 Å². The molecule has 0 bridgehead atoms. The Morgan fingerprint density at radius 2 is 1.80 bits per heavy atom. The van der Waals surface area contributed by atoms with Crippen molar-refractivity contribution in [2.24, 2.45) is 0 Å². The Hall–Kier alpha value is -2.52. The molecule has 0 N–H and O–H groups in total. The van der Waals surface area contributed by atoms with E-state index in [-0.39, 0.29) is 12.7 Å². The minimum atomic E-state index is -0.295. The van der Waals surface area contributed by atoms with Crippen molar-refractivity contribution in [3.63, 3.8) is 0 Å². The van der Waals surface area contributed by atoms with Crippen molar-refractivity contribution >= 4 is 27.7 Å². The number of hydrogen-bond acceptors (Lipinski definition) is 4. The SMILES string of the molecule is N#Cc1cccc(Br)c1N1CCN(C(=O)OCc2ccccc2)CC1. The van der Waals surface area contributed by atoms with Gasteiger partial charge in [0.1, 0.15) is 12.7 Å². The van der Waals surface area contributed by atoms with Gasteiger partial charge in [-0.05, 0) is 33.6 Å². The lowest BCUT2D eigenvalue weighted by Crippen LogP contribution is -2.49. The largest absolute Gasteiger partial charge is 0.445 e. The van der Waals surface area contributed by atoms with Crippen LogP contribution in [0.2, 0.25) is 0 Å². The number of nitrogens with zero attached hydrogens (tertiary/aromatic N) is 3. The van der Waals surface area contributed by atoms with Crippen LogP contribution in [0.15, 0.2) is 53.0 Å². The molecule has 1 fully saturated rings. The highest BCUT2D eigenvalue weighted by atomic mass is 79.9. The minimum Gasteiger partial charge on any atom is -0.445 e. The summed E-state index contributed by atoms with van der Waals surface area (Å²) in [5.41, 5.74) is 2.50. The summed E-state index contributed by atoms with van der Waals surface area (Å²) in [6.07, 6.45) is -0.295. The number of benzene rings is 2. The van der Waals surface area contributed by atoms with E-state index in [1.165, 1.54) is 0 Å². The first-order chi connectivity index (χ1) is 12.2. The third-order valence-corrected chi connectivity index (χ3v) is 4.81. The number of para-hydroxylation sites is 1. The van der Waals surface area contributed by atoms with E-state index in [2.05, 4.69) is 26.9 Å². The predicted octanol–water partition coefficient (Wildman–Crippen LogP) is 3.78. The number of carbonyl (C=O) groups excluding carboxylic acids is 1. The molecule has 0 radical (unpaired) electrons. The molecule has 5 nitrogen and oxygen atoms in total. The maximum Gasteiger partial charge on any atom is 0.410 e. The zero-order chi connectivity index (χ0) is 17.6. The number of rotatable bonds is 3. The predicted molar refractivity (Wildman–Crippen MR) is 99.3 cm³/mol. The fourth-order valence-electron chi connectivity index (χ4n) is 2.85. The van der Waals surface area contributed by atoms with Crippen molar-refractivity contribution in [1.29, 1.82) is 5.26 Å². The third kappa shape index (κ3) is 4.12. The number of hydrogen-bond donors (Lipinski definition) is 0. The first-order valence-electron chi connectivity index (χ1n) is 8.08. The van der Waals surface area contributed by atoms with Gasteiger partial charge in [0, 0.05) is 30.7 Å².